The predicted molar refractivity (Wildman–Crippen MR) is 96.7 cm³/mol. The van der Waals surface area contributed by atoms with Gasteiger partial charge >= 0.3 is 5.97 Å². The topological polar surface area (TPSA) is 75.6 Å². The van der Waals surface area contributed by atoms with Crippen molar-refractivity contribution in [2.45, 2.75) is 26.2 Å². The standard InChI is InChI=1S/C20H23NO4/c1-15(14-20(23)24)13-19(22)21-17-7-9-18(10-8-17)25-12-11-16-5-3-2-4-6-16/h2-10,15H,11-14H2,1H3,(H,21,22)(H,23,24)/t15-/m1/s1. The highest BCUT2D eigenvalue weighted by Crippen LogP contribution is 2.17. The summed E-state index contributed by atoms with van der Waals surface area (Å²) in [5, 5.41) is 11.5. The lowest BCUT2D eigenvalue weighted by atomic mass is 10.0. The van der Waals surface area contributed by atoms with Crippen molar-refractivity contribution in [3.63, 3.8) is 0 Å². The first kappa shape index (κ1) is 18.5. The van der Waals surface area contributed by atoms with Crippen LogP contribution in [0.15, 0.2) is 54.6 Å². The zero-order chi connectivity index (χ0) is 18.1. The van der Waals surface area contributed by atoms with E-state index in [1.807, 2.05) is 18.2 Å². The Morgan fingerprint density at radius 2 is 1.72 bits per heavy atom. The van der Waals surface area contributed by atoms with Gasteiger partial charge in [-0.1, -0.05) is 37.3 Å². The molecule has 0 unspecified atom stereocenters. The van der Waals surface area contributed by atoms with Crippen LogP contribution in [-0.2, 0) is 16.0 Å². The van der Waals surface area contributed by atoms with Gasteiger partial charge < -0.3 is 15.2 Å². The number of carbonyl (C=O) groups excluding carboxylic acids is 1. The van der Waals surface area contributed by atoms with Crippen LogP contribution in [0.3, 0.4) is 0 Å². The number of carboxylic acid groups (broad SMARTS) is 1. The van der Waals surface area contributed by atoms with Crippen molar-refractivity contribution < 1.29 is 19.4 Å². The largest absolute Gasteiger partial charge is 0.493 e. The molecule has 0 saturated heterocycles. The predicted octanol–water partition coefficient (Wildman–Crippen LogP) is 3.75. The highest BCUT2D eigenvalue weighted by Gasteiger charge is 2.12. The van der Waals surface area contributed by atoms with Gasteiger partial charge in [0.25, 0.3) is 0 Å². The molecule has 5 nitrogen and oxygen atoms in total. The van der Waals surface area contributed by atoms with Crippen molar-refractivity contribution in [1.29, 1.82) is 0 Å². The number of ether oxygens (including phenoxy) is 1. The Balaban J connectivity index is 1.75. The Morgan fingerprint density at radius 3 is 2.36 bits per heavy atom. The van der Waals surface area contributed by atoms with E-state index in [9.17, 15) is 9.59 Å². The van der Waals surface area contributed by atoms with Crippen LogP contribution in [0.4, 0.5) is 5.69 Å². The molecule has 0 aliphatic carbocycles. The second-order valence-corrected chi connectivity index (χ2v) is 6.06. The molecule has 0 fully saturated rings. The van der Waals surface area contributed by atoms with Crippen molar-refractivity contribution in [3.8, 4) is 5.75 Å². The number of nitrogens with one attached hydrogen (secondary N) is 1. The molecule has 0 spiro atoms. The molecule has 5 heteroatoms. The summed E-state index contributed by atoms with van der Waals surface area (Å²) in [6.07, 6.45) is 1.00. The fraction of sp³-hybridized carbons (Fsp3) is 0.300. The van der Waals surface area contributed by atoms with E-state index in [1.165, 1.54) is 5.56 Å². The number of anilines is 1. The summed E-state index contributed by atoms with van der Waals surface area (Å²) in [5.41, 5.74) is 1.89. The van der Waals surface area contributed by atoms with Gasteiger partial charge in [0, 0.05) is 24.9 Å². The Labute approximate surface area is 147 Å². The van der Waals surface area contributed by atoms with Crippen LogP contribution in [-0.4, -0.2) is 23.6 Å². The van der Waals surface area contributed by atoms with Crippen LogP contribution in [0.25, 0.3) is 0 Å². The van der Waals surface area contributed by atoms with Crippen LogP contribution in [0, 0.1) is 5.92 Å². The number of rotatable bonds is 9. The van der Waals surface area contributed by atoms with Crippen LogP contribution in [0.5, 0.6) is 5.75 Å². The zero-order valence-corrected chi connectivity index (χ0v) is 14.3. The monoisotopic (exact) mass is 341 g/mol. The third-order valence-electron chi connectivity index (χ3n) is 3.70. The minimum atomic E-state index is -0.891. The molecular formula is C20H23NO4. The molecule has 25 heavy (non-hydrogen) atoms. The maximum absolute atomic E-state index is 11.9. The minimum absolute atomic E-state index is 0.0123. The van der Waals surface area contributed by atoms with Gasteiger partial charge in [0.1, 0.15) is 5.75 Å². The summed E-state index contributed by atoms with van der Waals surface area (Å²) in [4.78, 5) is 22.5. The first-order valence-corrected chi connectivity index (χ1v) is 8.31. The Morgan fingerprint density at radius 1 is 1.04 bits per heavy atom. The van der Waals surface area contributed by atoms with E-state index in [0.29, 0.717) is 12.3 Å². The molecule has 132 valence electrons. The summed E-state index contributed by atoms with van der Waals surface area (Å²) in [6.45, 7) is 2.33. The van der Waals surface area contributed by atoms with E-state index in [2.05, 4.69) is 17.4 Å². The van der Waals surface area contributed by atoms with Gasteiger partial charge in [0.05, 0.1) is 6.61 Å². The lowest BCUT2D eigenvalue weighted by molar-refractivity contribution is -0.138. The van der Waals surface area contributed by atoms with E-state index >= 15 is 0 Å². The summed E-state index contributed by atoms with van der Waals surface area (Å²) in [6, 6.07) is 17.3. The summed E-state index contributed by atoms with van der Waals surface area (Å²) in [7, 11) is 0. The fourth-order valence-corrected chi connectivity index (χ4v) is 2.46. The molecule has 0 saturated carbocycles. The molecule has 1 amide bonds. The second-order valence-electron chi connectivity index (χ2n) is 6.06. The SMILES string of the molecule is C[C@@H](CC(=O)O)CC(=O)Nc1ccc(OCCc2ccccc2)cc1. The first-order valence-electron chi connectivity index (χ1n) is 8.31. The Kier molecular flexibility index (Phi) is 7.01. The first-order chi connectivity index (χ1) is 12.0. The maximum atomic E-state index is 11.9. The van der Waals surface area contributed by atoms with E-state index in [-0.39, 0.29) is 24.7 Å². The van der Waals surface area contributed by atoms with Crippen molar-refractivity contribution in [2.24, 2.45) is 5.92 Å². The summed E-state index contributed by atoms with van der Waals surface area (Å²) >= 11 is 0. The van der Waals surface area contributed by atoms with Gasteiger partial charge in [-0.3, -0.25) is 9.59 Å². The molecule has 0 bridgehead atoms. The van der Waals surface area contributed by atoms with Gasteiger partial charge in [-0.15, -0.1) is 0 Å². The van der Waals surface area contributed by atoms with E-state index < -0.39 is 5.97 Å². The molecule has 0 aromatic heterocycles. The minimum Gasteiger partial charge on any atom is -0.493 e. The van der Waals surface area contributed by atoms with Gasteiger partial charge in [0.2, 0.25) is 5.91 Å². The van der Waals surface area contributed by atoms with Crippen LogP contribution in [0.2, 0.25) is 0 Å². The van der Waals surface area contributed by atoms with E-state index in [1.54, 1.807) is 31.2 Å². The molecule has 0 aliphatic rings. The number of benzene rings is 2. The third-order valence-corrected chi connectivity index (χ3v) is 3.70. The highest BCUT2D eigenvalue weighted by atomic mass is 16.5. The molecule has 2 aromatic rings. The number of aliphatic carboxylic acids is 1. The Bertz CT molecular complexity index is 683. The van der Waals surface area contributed by atoms with Crippen LogP contribution in [0.1, 0.15) is 25.3 Å². The molecule has 0 heterocycles. The van der Waals surface area contributed by atoms with Gasteiger partial charge in [-0.25, -0.2) is 0 Å². The lowest BCUT2D eigenvalue weighted by Crippen LogP contribution is -2.16. The summed E-state index contributed by atoms with van der Waals surface area (Å²) < 4.78 is 5.70. The molecule has 1 atom stereocenters. The van der Waals surface area contributed by atoms with E-state index in [0.717, 1.165) is 12.2 Å². The molecule has 2 aromatic carbocycles. The fourth-order valence-electron chi connectivity index (χ4n) is 2.46. The third kappa shape index (κ3) is 7.08. The van der Waals surface area contributed by atoms with Crippen LogP contribution < -0.4 is 10.1 Å². The normalized spacial score (nSPS) is 11.6. The number of hydrogen-bond donors (Lipinski definition) is 2. The smallest absolute Gasteiger partial charge is 0.303 e. The van der Waals surface area contributed by atoms with Crippen LogP contribution >= 0.6 is 0 Å². The zero-order valence-electron chi connectivity index (χ0n) is 14.3. The van der Waals surface area contributed by atoms with Gasteiger partial charge in [0.15, 0.2) is 0 Å². The van der Waals surface area contributed by atoms with Crippen molar-refractivity contribution in [1.82, 2.24) is 0 Å². The quantitative estimate of drug-likeness (QED) is 0.728. The van der Waals surface area contributed by atoms with E-state index in [4.69, 9.17) is 9.84 Å². The van der Waals surface area contributed by atoms with Gasteiger partial charge in [-0.05, 0) is 35.7 Å². The Hall–Kier alpha value is -2.82. The van der Waals surface area contributed by atoms with Crippen molar-refractivity contribution in [3.05, 3.63) is 60.2 Å². The molecule has 2 N–H and O–H groups in total. The highest BCUT2D eigenvalue weighted by molar-refractivity contribution is 5.91. The average Bonchev–Trinajstić information content (AvgIpc) is 2.56. The average molecular weight is 341 g/mol. The number of hydrogen-bond acceptors (Lipinski definition) is 3. The van der Waals surface area contributed by atoms with Crippen molar-refractivity contribution in [2.75, 3.05) is 11.9 Å². The number of carboxylic acids is 1. The summed E-state index contributed by atoms with van der Waals surface area (Å²) in [5.74, 6) is -0.532. The molecule has 0 aliphatic heterocycles. The molecule has 2 rings (SSSR count). The maximum Gasteiger partial charge on any atom is 0.303 e. The van der Waals surface area contributed by atoms with Crippen molar-refractivity contribution >= 4 is 17.6 Å². The second kappa shape index (κ2) is 9.47. The number of carbonyl (C=O) groups is 2. The number of amides is 1. The molecule has 0 radical (unpaired) electrons. The lowest BCUT2D eigenvalue weighted by Gasteiger charge is -2.10. The molecular weight excluding hydrogens is 318 g/mol. The van der Waals surface area contributed by atoms with Gasteiger partial charge in [-0.2, -0.15) is 0 Å².